The van der Waals surface area contributed by atoms with Gasteiger partial charge in [-0.15, -0.1) is 11.3 Å². The Labute approximate surface area is 105 Å². The van der Waals surface area contributed by atoms with Gasteiger partial charge in [-0.3, -0.25) is 4.79 Å². The number of hydrogen-bond acceptors (Lipinski definition) is 5. The van der Waals surface area contributed by atoms with Crippen molar-refractivity contribution in [3.05, 3.63) is 15.6 Å². The first kappa shape index (κ1) is 12.5. The smallest absolute Gasteiger partial charge is 0.280 e. The summed E-state index contributed by atoms with van der Waals surface area (Å²) in [5, 5.41) is 3.35. The van der Waals surface area contributed by atoms with Crippen molar-refractivity contribution in [2.24, 2.45) is 5.73 Å². The maximum Gasteiger partial charge on any atom is 0.280 e. The molecule has 17 heavy (non-hydrogen) atoms. The van der Waals surface area contributed by atoms with Gasteiger partial charge in [0.2, 0.25) is 0 Å². The minimum Gasteiger partial charge on any atom is -0.348 e. The maximum absolute atomic E-state index is 11.8. The van der Waals surface area contributed by atoms with E-state index in [-0.39, 0.29) is 11.9 Å². The highest BCUT2D eigenvalue weighted by atomic mass is 32.1. The molecule has 3 N–H and O–H groups in total. The second-order valence-electron chi connectivity index (χ2n) is 4.56. The van der Waals surface area contributed by atoms with E-state index in [2.05, 4.69) is 22.2 Å². The van der Waals surface area contributed by atoms with E-state index < -0.39 is 0 Å². The minimum absolute atomic E-state index is 0.0281. The Bertz CT molecular complexity index is 416. The molecule has 0 radical (unpaired) electrons. The van der Waals surface area contributed by atoms with E-state index in [1.165, 1.54) is 16.2 Å². The number of aromatic nitrogens is 1. The SMILES string of the molecule is CC(N)CNC(=O)c1nc2c(s1)CN(C)CC2. The Morgan fingerprint density at radius 1 is 1.71 bits per heavy atom. The van der Waals surface area contributed by atoms with E-state index in [0.29, 0.717) is 11.6 Å². The molecule has 1 amide bonds. The van der Waals surface area contributed by atoms with Gasteiger partial charge in [0, 0.05) is 37.0 Å². The largest absolute Gasteiger partial charge is 0.348 e. The van der Waals surface area contributed by atoms with Gasteiger partial charge in [-0.1, -0.05) is 0 Å². The van der Waals surface area contributed by atoms with Crippen LogP contribution in [0.5, 0.6) is 0 Å². The third-order valence-electron chi connectivity index (χ3n) is 2.70. The number of nitrogens with one attached hydrogen (secondary N) is 1. The molecule has 1 aromatic rings. The zero-order chi connectivity index (χ0) is 12.4. The molecule has 1 atom stereocenters. The van der Waals surface area contributed by atoms with Crippen LogP contribution in [0, 0.1) is 0 Å². The highest BCUT2D eigenvalue weighted by molar-refractivity contribution is 7.13. The molecule has 1 aliphatic heterocycles. The quantitative estimate of drug-likeness (QED) is 0.809. The van der Waals surface area contributed by atoms with Crippen molar-refractivity contribution >= 4 is 17.2 Å². The first-order chi connectivity index (χ1) is 8.06. The van der Waals surface area contributed by atoms with Crippen LogP contribution in [-0.2, 0) is 13.0 Å². The molecule has 1 aromatic heterocycles. The fraction of sp³-hybridized carbons (Fsp3) is 0.636. The van der Waals surface area contributed by atoms with Crippen LogP contribution in [0.15, 0.2) is 0 Å². The van der Waals surface area contributed by atoms with Crippen molar-refractivity contribution in [2.45, 2.75) is 25.9 Å². The van der Waals surface area contributed by atoms with E-state index in [4.69, 9.17) is 5.73 Å². The molecule has 0 fully saturated rings. The number of fused-ring (bicyclic) bond motifs is 1. The molecule has 0 aromatic carbocycles. The Kier molecular flexibility index (Phi) is 3.76. The molecule has 2 rings (SSSR count). The van der Waals surface area contributed by atoms with E-state index in [9.17, 15) is 4.79 Å². The molecule has 0 saturated heterocycles. The van der Waals surface area contributed by atoms with E-state index in [1.807, 2.05) is 6.92 Å². The molecule has 5 nitrogen and oxygen atoms in total. The number of nitrogens with two attached hydrogens (primary N) is 1. The summed E-state index contributed by atoms with van der Waals surface area (Å²) in [7, 11) is 2.08. The van der Waals surface area contributed by atoms with Gasteiger partial charge in [0.05, 0.1) is 5.69 Å². The predicted molar refractivity (Wildman–Crippen MR) is 68.1 cm³/mol. The molecule has 94 valence electrons. The summed E-state index contributed by atoms with van der Waals surface area (Å²) in [5.74, 6) is -0.107. The summed E-state index contributed by atoms with van der Waals surface area (Å²) in [4.78, 5) is 19.7. The van der Waals surface area contributed by atoms with Gasteiger partial charge in [0.25, 0.3) is 5.91 Å². The highest BCUT2D eigenvalue weighted by Gasteiger charge is 2.21. The van der Waals surface area contributed by atoms with Crippen molar-refractivity contribution in [2.75, 3.05) is 20.1 Å². The first-order valence-electron chi connectivity index (χ1n) is 5.77. The van der Waals surface area contributed by atoms with Crippen LogP contribution >= 0.6 is 11.3 Å². The Morgan fingerprint density at radius 2 is 2.47 bits per heavy atom. The summed E-state index contributed by atoms with van der Waals surface area (Å²) >= 11 is 1.49. The van der Waals surface area contributed by atoms with Crippen LogP contribution in [0.3, 0.4) is 0 Å². The van der Waals surface area contributed by atoms with Crippen LogP contribution in [0.4, 0.5) is 0 Å². The molecular weight excluding hydrogens is 236 g/mol. The first-order valence-corrected chi connectivity index (χ1v) is 6.59. The zero-order valence-corrected chi connectivity index (χ0v) is 11.0. The normalized spacial score (nSPS) is 17.6. The monoisotopic (exact) mass is 254 g/mol. The molecule has 6 heteroatoms. The number of likely N-dealkylation sites (N-methyl/N-ethyl adjacent to an activating group) is 1. The third-order valence-corrected chi connectivity index (χ3v) is 3.78. The molecule has 0 saturated carbocycles. The number of nitrogens with zero attached hydrogens (tertiary/aromatic N) is 2. The van der Waals surface area contributed by atoms with Gasteiger partial charge in [0.1, 0.15) is 0 Å². The molecule has 1 unspecified atom stereocenters. The van der Waals surface area contributed by atoms with Gasteiger partial charge >= 0.3 is 0 Å². The fourth-order valence-corrected chi connectivity index (χ4v) is 2.85. The molecule has 0 spiro atoms. The molecule has 0 aliphatic carbocycles. The average molecular weight is 254 g/mol. The van der Waals surface area contributed by atoms with Gasteiger partial charge in [-0.25, -0.2) is 4.98 Å². The van der Waals surface area contributed by atoms with Crippen LogP contribution in [0.1, 0.15) is 27.3 Å². The number of rotatable bonds is 3. The van der Waals surface area contributed by atoms with Gasteiger partial charge in [0.15, 0.2) is 5.01 Å². The third kappa shape index (κ3) is 3.02. The van der Waals surface area contributed by atoms with Gasteiger partial charge in [-0.05, 0) is 14.0 Å². The second kappa shape index (κ2) is 5.12. The number of carbonyl (C=O) groups is 1. The summed E-state index contributed by atoms with van der Waals surface area (Å²) < 4.78 is 0. The second-order valence-corrected chi connectivity index (χ2v) is 5.65. The number of hydrogen-bond donors (Lipinski definition) is 2. The number of thiazole rings is 1. The summed E-state index contributed by atoms with van der Waals surface area (Å²) in [5.41, 5.74) is 6.68. The van der Waals surface area contributed by atoms with Crippen molar-refractivity contribution < 1.29 is 4.79 Å². The summed E-state index contributed by atoms with van der Waals surface area (Å²) in [6.07, 6.45) is 0.933. The average Bonchev–Trinajstić information content (AvgIpc) is 2.68. The van der Waals surface area contributed by atoms with E-state index in [1.54, 1.807) is 0 Å². The number of amides is 1. The topological polar surface area (TPSA) is 71.2 Å². The standard InChI is InChI=1S/C11H18N4OS/c1-7(12)5-13-10(16)11-14-8-3-4-15(2)6-9(8)17-11/h7H,3-6,12H2,1-2H3,(H,13,16). The van der Waals surface area contributed by atoms with Crippen molar-refractivity contribution in [3.8, 4) is 0 Å². The lowest BCUT2D eigenvalue weighted by molar-refractivity contribution is 0.0951. The van der Waals surface area contributed by atoms with E-state index >= 15 is 0 Å². The minimum atomic E-state index is -0.107. The lowest BCUT2D eigenvalue weighted by Crippen LogP contribution is -2.35. The lowest BCUT2D eigenvalue weighted by atomic mass is 10.2. The molecular formula is C11H18N4OS. The van der Waals surface area contributed by atoms with Crippen LogP contribution in [-0.4, -0.2) is 42.0 Å². The Morgan fingerprint density at radius 3 is 3.18 bits per heavy atom. The molecule has 0 bridgehead atoms. The van der Waals surface area contributed by atoms with Crippen LogP contribution < -0.4 is 11.1 Å². The van der Waals surface area contributed by atoms with Crippen molar-refractivity contribution in [3.63, 3.8) is 0 Å². The zero-order valence-electron chi connectivity index (χ0n) is 10.2. The van der Waals surface area contributed by atoms with Gasteiger partial charge < -0.3 is 16.0 Å². The van der Waals surface area contributed by atoms with Crippen LogP contribution in [0.2, 0.25) is 0 Å². The van der Waals surface area contributed by atoms with Crippen LogP contribution in [0.25, 0.3) is 0 Å². The Hall–Kier alpha value is -0.980. The van der Waals surface area contributed by atoms with Crippen molar-refractivity contribution in [1.82, 2.24) is 15.2 Å². The lowest BCUT2D eigenvalue weighted by Gasteiger charge is -2.20. The molecule has 2 heterocycles. The molecule has 1 aliphatic rings. The summed E-state index contributed by atoms with van der Waals surface area (Å²) in [6.45, 7) is 4.26. The Balaban J connectivity index is 2.05. The predicted octanol–water partition coefficient (Wildman–Crippen LogP) is 0.208. The summed E-state index contributed by atoms with van der Waals surface area (Å²) in [6, 6.07) is -0.0281. The van der Waals surface area contributed by atoms with Crippen molar-refractivity contribution in [1.29, 1.82) is 0 Å². The number of carbonyl (C=O) groups excluding carboxylic acids is 1. The fourth-order valence-electron chi connectivity index (χ4n) is 1.75. The van der Waals surface area contributed by atoms with E-state index in [0.717, 1.165) is 25.2 Å². The highest BCUT2D eigenvalue weighted by Crippen LogP contribution is 2.24. The maximum atomic E-state index is 11.8. The van der Waals surface area contributed by atoms with Gasteiger partial charge in [-0.2, -0.15) is 0 Å².